The van der Waals surface area contributed by atoms with Crippen molar-refractivity contribution in [2.75, 3.05) is 55.0 Å². The van der Waals surface area contributed by atoms with Crippen molar-refractivity contribution in [3.05, 3.63) is 120 Å². The zero-order valence-corrected chi connectivity index (χ0v) is 27.6. The van der Waals surface area contributed by atoms with Gasteiger partial charge >= 0.3 is 0 Å². The summed E-state index contributed by atoms with van der Waals surface area (Å²) >= 11 is 0. The number of aromatic nitrogens is 1. The van der Waals surface area contributed by atoms with Crippen LogP contribution < -0.4 is 19.7 Å². The fourth-order valence-electron chi connectivity index (χ4n) is 4.39. The first-order chi connectivity index (χ1) is 20.5. The predicted octanol–water partition coefficient (Wildman–Crippen LogP) is 7.17. The van der Waals surface area contributed by atoms with Gasteiger partial charge in [-0.05, 0) is 61.2 Å². The zero-order chi connectivity index (χ0) is 30.0. The van der Waals surface area contributed by atoms with Crippen LogP contribution in [0.2, 0.25) is 0 Å². The summed E-state index contributed by atoms with van der Waals surface area (Å²) in [5.41, 5.74) is 7.46. The van der Waals surface area contributed by atoms with E-state index in [0.717, 1.165) is 37.7 Å². The van der Waals surface area contributed by atoms with Crippen LogP contribution in [0.3, 0.4) is 0 Å². The highest BCUT2D eigenvalue weighted by Gasteiger charge is 2.07. The van der Waals surface area contributed by atoms with Gasteiger partial charge in [0, 0.05) is 62.2 Å². The van der Waals surface area contributed by atoms with E-state index in [0.29, 0.717) is 0 Å². The van der Waals surface area contributed by atoms with Gasteiger partial charge in [0.25, 0.3) is 0 Å². The SMILES string of the molecule is CC=C(C=C[NH2+]CC)C=Cc1ccccc1N(C)CCSSCCN(C)c1ccccc1C=Cc1cc[n+](CC)cc1. The van der Waals surface area contributed by atoms with E-state index in [9.17, 15) is 0 Å². The van der Waals surface area contributed by atoms with E-state index in [1.54, 1.807) is 0 Å². The molecule has 0 aliphatic rings. The molecule has 0 atom stereocenters. The van der Waals surface area contributed by atoms with Gasteiger partial charge in [0.2, 0.25) is 0 Å². The van der Waals surface area contributed by atoms with Crippen molar-refractivity contribution in [3.63, 3.8) is 0 Å². The van der Waals surface area contributed by atoms with Crippen molar-refractivity contribution >= 4 is 51.2 Å². The third-order valence-corrected chi connectivity index (χ3v) is 9.35. The Morgan fingerprint density at radius 1 is 0.762 bits per heavy atom. The topological polar surface area (TPSA) is 27.0 Å². The van der Waals surface area contributed by atoms with Gasteiger partial charge in [0.15, 0.2) is 12.4 Å². The first-order valence-electron chi connectivity index (χ1n) is 14.9. The average molecular weight is 601 g/mol. The number of nitrogens with zero attached hydrogens (tertiary/aromatic N) is 3. The number of quaternary nitrogens is 1. The minimum Gasteiger partial charge on any atom is -0.373 e. The standard InChI is InChI=1S/C36H47N4S2/c1-6-31(21-24-37-7-2)17-19-33-13-9-11-15-35(33)38(4)27-29-41-42-30-28-39(5)36-16-12-10-14-34(36)20-18-32-22-25-40(8-3)26-23-32/h6,9-26,37H,7-8,27-30H2,1-5H3/q+1/p+1. The van der Waals surface area contributed by atoms with E-state index in [4.69, 9.17) is 0 Å². The maximum absolute atomic E-state index is 2.37. The molecule has 0 saturated heterocycles. The number of allylic oxidation sites excluding steroid dienone is 4. The molecule has 2 N–H and O–H groups in total. The Labute approximate surface area is 262 Å². The summed E-state index contributed by atoms with van der Waals surface area (Å²) < 4.78 is 2.18. The Morgan fingerprint density at radius 2 is 1.33 bits per heavy atom. The molecule has 6 heteroatoms. The quantitative estimate of drug-likeness (QED) is 0.0769. The lowest BCUT2D eigenvalue weighted by atomic mass is 10.1. The molecular formula is C36H48N4S2+2. The number of hydrogen-bond acceptors (Lipinski definition) is 4. The lowest BCUT2D eigenvalue weighted by Crippen LogP contribution is -2.77. The average Bonchev–Trinajstić information content (AvgIpc) is 3.03. The van der Waals surface area contributed by atoms with Crippen LogP contribution in [-0.2, 0) is 6.54 Å². The number of pyridine rings is 1. The highest BCUT2D eigenvalue weighted by Crippen LogP contribution is 2.26. The number of aryl methyl sites for hydroxylation is 1. The van der Waals surface area contributed by atoms with Crippen LogP contribution >= 0.6 is 21.6 Å². The fourth-order valence-corrected chi connectivity index (χ4v) is 6.47. The Bertz CT molecular complexity index is 1330. The third-order valence-electron chi connectivity index (χ3n) is 6.99. The summed E-state index contributed by atoms with van der Waals surface area (Å²) in [6, 6.07) is 21.6. The summed E-state index contributed by atoms with van der Waals surface area (Å²) in [5, 5.41) is 2.18. The number of benzene rings is 2. The Hall–Kier alpha value is -3.19. The lowest BCUT2D eigenvalue weighted by molar-refractivity contribution is -0.693. The minimum absolute atomic E-state index is 0.991. The van der Waals surface area contributed by atoms with E-state index < -0.39 is 0 Å². The van der Waals surface area contributed by atoms with Gasteiger partial charge in [-0.2, -0.15) is 0 Å². The van der Waals surface area contributed by atoms with Crippen LogP contribution in [0.5, 0.6) is 0 Å². The van der Waals surface area contributed by atoms with Crippen LogP contribution in [0.4, 0.5) is 11.4 Å². The summed E-state index contributed by atoms with van der Waals surface area (Å²) in [4.78, 5) is 4.74. The second-order valence-corrected chi connectivity index (χ2v) is 12.7. The number of hydrogen-bond donors (Lipinski definition) is 1. The van der Waals surface area contributed by atoms with Crippen molar-refractivity contribution in [2.45, 2.75) is 27.3 Å². The first kappa shape index (κ1) is 33.3. The minimum atomic E-state index is 0.991. The number of anilines is 2. The molecule has 1 aromatic heterocycles. The van der Waals surface area contributed by atoms with Gasteiger partial charge < -0.3 is 15.1 Å². The van der Waals surface area contributed by atoms with E-state index in [1.807, 2.05) is 21.6 Å². The highest BCUT2D eigenvalue weighted by atomic mass is 33.1. The van der Waals surface area contributed by atoms with Gasteiger partial charge in [0.1, 0.15) is 6.54 Å². The molecule has 0 amide bonds. The van der Waals surface area contributed by atoms with E-state index in [2.05, 4.69) is 170 Å². The largest absolute Gasteiger partial charge is 0.373 e. The normalized spacial score (nSPS) is 12.2. The van der Waals surface area contributed by atoms with Gasteiger partial charge in [-0.3, -0.25) is 0 Å². The number of nitrogens with two attached hydrogens (primary N) is 1. The molecule has 0 fully saturated rings. The molecule has 0 spiro atoms. The smallest absolute Gasteiger partial charge is 0.169 e. The highest BCUT2D eigenvalue weighted by molar-refractivity contribution is 8.76. The molecule has 0 radical (unpaired) electrons. The molecule has 3 rings (SSSR count). The van der Waals surface area contributed by atoms with Gasteiger partial charge in [-0.25, -0.2) is 4.57 Å². The Balaban J connectivity index is 1.45. The van der Waals surface area contributed by atoms with E-state index in [1.165, 1.54) is 33.6 Å². The molecule has 0 bridgehead atoms. The summed E-state index contributed by atoms with van der Waals surface area (Å²) in [6.07, 6.45) is 19.6. The fraction of sp³-hybridized carbons (Fsp3) is 0.306. The number of rotatable bonds is 17. The Morgan fingerprint density at radius 3 is 1.88 bits per heavy atom. The van der Waals surface area contributed by atoms with E-state index in [-0.39, 0.29) is 0 Å². The number of para-hydroxylation sites is 2. The Kier molecular flexibility index (Phi) is 15.1. The van der Waals surface area contributed by atoms with Crippen molar-refractivity contribution in [3.8, 4) is 0 Å². The predicted molar refractivity (Wildman–Crippen MR) is 190 cm³/mol. The maximum atomic E-state index is 2.37. The molecule has 0 aliphatic heterocycles. The molecule has 2 aromatic carbocycles. The summed E-state index contributed by atoms with van der Waals surface area (Å²) in [6.45, 7) is 10.5. The van der Waals surface area contributed by atoms with Crippen molar-refractivity contribution < 1.29 is 9.88 Å². The van der Waals surface area contributed by atoms with Crippen LogP contribution in [0, 0.1) is 0 Å². The summed E-state index contributed by atoms with van der Waals surface area (Å²) in [7, 11) is 8.31. The van der Waals surface area contributed by atoms with Crippen LogP contribution in [-0.4, -0.2) is 45.2 Å². The van der Waals surface area contributed by atoms with Crippen molar-refractivity contribution in [1.29, 1.82) is 0 Å². The molecule has 1 heterocycles. The monoisotopic (exact) mass is 600 g/mol. The van der Waals surface area contributed by atoms with Gasteiger partial charge in [0.05, 0.1) is 12.7 Å². The molecule has 3 aromatic rings. The second-order valence-electron chi connectivity index (χ2n) is 10.0. The first-order valence-corrected chi connectivity index (χ1v) is 17.4. The van der Waals surface area contributed by atoms with Gasteiger partial charge in [-0.1, -0.05) is 88.4 Å². The third kappa shape index (κ3) is 11.2. The summed E-state index contributed by atoms with van der Waals surface area (Å²) in [5.74, 6) is 2.15. The molecular weight excluding hydrogens is 553 g/mol. The van der Waals surface area contributed by atoms with Crippen molar-refractivity contribution in [1.82, 2.24) is 0 Å². The van der Waals surface area contributed by atoms with Crippen LogP contribution in [0.15, 0.2) is 103 Å². The van der Waals surface area contributed by atoms with Crippen molar-refractivity contribution in [2.24, 2.45) is 0 Å². The molecule has 0 saturated carbocycles. The molecule has 42 heavy (non-hydrogen) atoms. The molecule has 0 unspecified atom stereocenters. The van der Waals surface area contributed by atoms with Crippen LogP contribution in [0.1, 0.15) is 37.5 Å². The molecule has 0 aliphatic carbocycles. The second kappa shape index (κ2) is 19.1. The van der Waals surface area contributed by atoms with E-state index >= 15 is 0 Å². The molecule has 222 valence electrons. The zero-order valence-electron chi connectivity index (χ0n) is 25.9. The van der Waals surface area contributed by atoms with Gasteiger partial charge in [-0.15, -0.1) is 0 Å². The maximum Gasteiger partial charge on any atom is 0.169 e. The lowest BCUT2D eigenvalue weighted by Gasteiger charge is -2.22. The van der Waals surface area contributed by atoms with Crippen LogP contribution in [0.25, 0.3) is 18.2 Å². The molecule has 4 nitrogen and oxygen atoms in total.